The van der Waals surface area contributed by atoms with E-state index in [1.807, 2.05) is 30.5 Å². The first-order valence-electron chi connectivity index (χ1n) is 4.28. The summed E-state index contributed by atoms with van der Waals surface area (Å²) in [5.74, 6) is 0.0745. The third kappa shape index (κ3) is 1.72. The van der Waals surface area contributed by atoms with E-state index in [1.54, 1.807) is 12.3 Å². The van der Waals surface area contributed by atoms with E-state index in [-0.39, 0.29) is 5.78 Å². The van der Waals surface area contributed by atoms with Crippen molar-refractivity contribution in [2.24, 2.45) is 0 Å². The van der Waals surface area contributed by atoms with E-state index >= 15 is 0 Å². The van der Waals surface area contributed by atoms with Crippen LogP contribution in [0.1, 0.15) is 20.9 Å². The van der Waals surface area contributed by atoms with Gasteiger partial charge in [0.05, 0.1) is 4.88 Å². The Labute approximate surface area is 86.2 Å². The lowest BCUT2D eigenvalue weighted by Gasteiger charge is -1.98. The third-order valence-corrected chi connectivity index (χ3v) is 2.77. The first-order chi connectivity index (χ1) is 6.77. The summed E-state index contributed by atoms with van der Waals surface area (Å²) in [5.41, 5.74) is 1.58. The predicted molar refractivity (Wildman–Crippen MR) is 56.7 cm³/mol. The molecule has 3 heteroatoms. The first kappa shape index (κ1) is 9.09. The van der Waals surface area contributed by atoms with Gasteiger partial charge in [-0.2, -0.15) is 0 Å². The van der Waals surface area contributed by atoms with Crippen molar-refractivity contribution in [2.45, 2.75) is 6.92 Å². The lowest BCUT2D eigenvalue weighted by Crippen LogP contribution is -1.99. The Bertz CT molecular complexity index is 448. The Morgan fingerprint density at radius 3 is 2.93 bits per heavy atom. The van der Waals surface area contributed by atoms with E-state index in [4.69, 9.17) is 0 Å². The van der Waals surface area contributed by atoms with Crippen molar-refractivity contribution in [3.63, 3.8) is 0 Å². The SMILES string of the molecule is Cc1cc(C(=O)c2cccs2)ccn1. The van der Waals surface area contributed by atoms with Gasteiger partial charge in [-0.05, 0) is 30.5 Å². The number of hydrogen-bond acceptors (Lipinski definition) is 3. The molecular weight excluding hydrogens is 194 g/mol. The molecule has 2 rings (SSSR count). The molecule has 2 aromatic rings. The molecule has 0 N–H and O–H groups in total. The lowest BCUT2D eigenvalue weighted by molar-refractivity contribution is 0.104. The molecule has 0 amide bonds. The molecule has 0 bridgehead atoms. The molecule has 0 aliphatic heterocycles. The van der Waals surface area contributed by atoms with E-state index < -0.39 is 0 Å². The maximum absolute atomic E-state index is 11.8. The number of aryl methyl sites for hydroxylation is 1. The molecule has 0 fully saturated rings. The largest absolute Gasteiger partial charge is 0.288 e. The number of thiophene rings is 1. The number of pyridine rings is 1. The summed E-state index contributed by atoms with van der Waals surface area (Å²) in [5, 5.41) is 1.90. The molecule has 0 saturated carbocycles. The molecular formula is C11H9NOS. The van der Waals surface area contributed by atoms with Crippen LogP contribution in [-0.2, 0) is 0 Å². The van der Waals surface area contributed by atoms with Gasteiger partial charge >= 0.3 is 0 Å². The minimum absolute atomic E-state index is 0.0745. The number of rotatable bonds is 2. The van der Waals surface area contributed by atoms with Crippen molar-refractivity contribution in [1.29, 1.82) is 0 Å². The van der Waals surface area contributed by atoms with Crippen LogP contribution in [0.4, 0.5) is 0 Å². The molecule has 0 atom stereocenters. The summed E-state index contributed by atoms with van der Waals surface area (Å²) in [4.78, 5) is 16.7. The highest BCUT2D eigenvalue weighted by Gasteiger charge is 2.09. The monoisotopic (exact) mass is 203 g/mol. The van der Waals surface area contributed by atoms with Gasteiger partial charge in [0.2, 0.25) is 5.78 Å². The lowest BCUT2D eigenvalue weighted by atomic mass is 10.1. The fraction of sp³-hybridized carbons (Fsp3) is 0.0909. The number of hydrogen-bond donors (Lipinski definition) is 0. The second-order valence-corrected chi connectivity index (χ2v) is 3.94. The van der Waals surface area contributed by atoms with Gasteiger partial charge in [-0.15, -0.1) is 11.3 Å². The maximum Gasteiger partial charge on any atom is 0.203 e. The molecule has 0 aromatic carbocycles. The topological polar surface area (TPSA) is 30.0 Å². The van der Waals surface area contributed by atoms with Crippen LogP contribution < -0.4 is 0 Å². The summed E-state index contributed by atoms with van der Waals surface area (Å²) in [7, 11) is 0. The van der Waals surface area contributed by atoms with Crippen LogP contribution in [0.2, 0.25) is 0 Å². The molecule has 2 aromatic heterocycles. The molecule has 2 heterocycles. The van der Waals surface area contributed by atoms with Gasteiger partial charge in [0, 0.05) is 17.5 Å². The summed E-state index contributed by atoms with van der Waals surface area (Å²) >= 11 is 1.46. The summed E-state index contributed by atoms with van der Waals surface area (Å²) < 4.78 is 0. The summed E-state index contributed by atoms with van der Waals surface area (Å²) in [6, 6.07) is 7.27. The van der Waals surface area contributed by atoms with Crippen molar-refractivity contribution in [2.75, 3.05) is 0 Å². The van der Waals surface area contributed by atoms with Crippen LogP contribution in [0, 0.1) is 6.92 Å². The van der Waals surface area contributed by atoms with Crippen molar-refractivity contribution in [3.8, 4) is 0 Å². The van der Waals surface area contributed by atoms with Crippen molar-refractivity contribution in [3.05, 3.63) is 52.0 Å². The Morgan fingerprint density at radius 2 is 2.29 bits per heavy atom. The van der Waals surface area contributed by atoms with Gasteiger partial charge in [0.1, 0.15) is 0 Å². The third-order valence-electron chi connectivity index (χ3n) is 1.90. The summed E-state index contributed by atoms with van der Waals surface area (Å²) in [6.45, 7) is 1.88. The Kier molecular flexibility index (Phi) is 2.41. The minimum Gasteiger partial charge on any atom is -0.288 e. The van der Waals surface area contributed by atoms with Crippen molar-refractivity contribution in [1.82, 2.24) is 4.98 Å². The molecule has 0 saturated heterocycles. The zero-order valence-electron chi connectivity index (χ0n) is 7.73. The van der Waals surface area contributed by atoms with Crippen LogP contribution in [0.25, 0.3) is 0 Å². The van der Waals surface area contributed by atoms with Crippen molar-refractivity contribution >= 4 is 17.1 Å². The Morgan fingerprint density at radius 1 is 1.43 bits per heavy atom. The molecule has 0 aliphatic carbocycles. The van der Waals surface area contributed by atoms with Gasteiger partial charge in [0.15, 0.2) is 0 Å². The van der Waals surface area contributed by atoms with E-state index in [9.17, 15) is 4.79 Å². The number of carbonyl (C=O) groups is 1. The van der Waals surface area contributed by atoms with Gasteiger partial charge in [-0.1, -0.05) is 6.07 Å². The van der Waals surface area contributed by atoms with E-state index in [1.165, 1.54) is 11.3 Å². The quantitative estimate of drug-likeness (QED) is 0.702. The van der Waals surface area contributed by atoms with Crippen LogP contribution in [0.5, 0.6) is 0 Å². The molecule has 0 aliphatic rings. The van der Waals surface area contributed by atoms with Crippen molar-refractivity contribution < 1.29 is 4.79 Å². The highest BCUT2D eigenvalue weighted by molar-refractivity contribution is 7.12. The zero-order valence-corrected chi connectivity index (χ0v) is 8.54. The molecule has 2 nitrogen and oxygen atoms in total. The highest BCUT2D eigenvalue weighted by atomic mass is 32.1. The van der Waals surface area contributed by atoms with E-state index in [0.29, 0.717) is 5.56 Å². The molecule has 0 unspecified atom stereocenters. The van der Waals surface area contributed by atoms with E-state index in [0.717, 1.165) is 10.6 Å². The second-order valence-electron chi connectivity index (χ2n) is 2.99. The average Bonchev–Trinajstić information content (AvgIpc) is 2.69. The zero-order chi connectivity index (χ0) is 9.97. The van der Waals surface area contributed by atoms with Crippen LogP contribution >= 0.6 is 11.3 Å². The molecule has 0 spiro atoms. The number of nitrogens with zero attached hydrogens (tertiary/aromatic N) is 1. The van der Waals surface area contributed by atoms with Gasteiger partial charge in [0.25, 0.3) is 0 Å². The fourth-order valence-corrected chi connectivity index (χ4v) is 1.92. The Hall–Kier alpha value is -1.48. The van der Waals surface area contributed by atoms with Gasteiger partial charge in [-0.25, -0.2) is 0 Å². The minimum atomic E-state index is 0.0745. The van der Waals surface area contributed by atoms with Crippen LogP contribution in [-0.4, -0.2) is 10.8 Å². The highest BCUT2D eigenvalue weighted by Crippen LogP contribution is 2.14. The molecule has 0 radical (unpaired) electrons. The number of ketones is 1. The first-order valence-corrected chi connectivity index (χ1v) is 5.16. The normalized spacial score (nSPS) is 10.1. The molecule has 14 heavy (non-hydrogen) atoms. The van der Waals surface area contributed by atoms with E-state index in [2.05, 4.69) is 4.98 Å². The smallest absolute Gasteiger partial charge is 0.203 e. The van der Waals surface area contributed by atoms with Gasteiger partial charge in [-0.3, -0.25) is 9.78 Å². The fourth-order valence-electron chi connectivity index (χ4n) is 1.24. The number of aromatic nitrogens is 1. The standard InChI is InChI=1S/C11H9NOS/c1-8-7-9(4-5-12-8)11(13)10-3-2-6-14-10/h2-7H,1H3. The van der Waals surface area contributed by atoms with Crippen LogP contribution in [0.15, 0.2) is 35.8 Å². The maximum atomic E-state index is 11.8. The average molecular weight is 203 g/mol. The summed E-state index contributed by atoms with van der Waals surface area (Å²) in [6.07, 6.45) is 1.66. The second kappa shape index (κ2) is 3.72. The predicted octanol–water partition coefficient (Wildman–Crippen LogP) is 2.68. The Balaban J connectivity index is 2.37. The van der Waals surface area contributed by atoms with Crippen LogP contribution in [0.3, 0.4) is 0 Å². The molecule has 70 valence electrons. The number of carbonyl (C=O) groups excluding carboxylic acids is 1. The van der Waals surface area contributed by atoms with Gasteiger partial charge < -0.3 is 0 Å².